The van der Waals surface area contributed by atoms with Crippen LogP contribution in [-0.4, -0.2) is 48.8 Å². The number of carbonyl (C=O) groups is 1. The van der Waals surface area contributed by atoms with E-state index in [-0.39, 0.29) is 17.6 Å². The lowest BCUT2D eigenvalue weighted by atomic mass is 10.0. The zero-order chi connectivity index (χ0) is 16.9. The highest BCUT2D eigenvalue weighted by atomic mass is 35.5. The van der Waals surface area contributed by atoms with Gasteiger partial charge in [0.15, 0.2) is 5.69 Å². The standard InChI is InChI=1S/C17H20ClN3O3/c1-12-10-15(20-24-12)17(22)19-11-16(21-6-8-23-9-7-21)13-4-2-3-5-14(13)18/h2-5,10,16H,6-9,11H2,1H3,(H,19,22)/t16-/m1/s1. The fourth-order valence-corrected chi connectivity index (χ4v) is 3.09. The number of halogens is 1. The third-order valence-corrected chi connectivity index (χ3v) is 4.41. The summed E-state index contributed by atoms with van der Waals surface area (Å²) in [6.07, 6.45) is 0. The second-order valence-corrected chi connectivity index (χ2v) is 6.13. The maximum atomic E-state index is 12.3. The summed E-state index contributed by atoms with van der Waals surface area (Å²) in [6.45, 7) is 5.15. The van der Waals surface area contributed by atoms with E-state index in [1.807, 2.05) is 24.3 Å². The van der Waals surface area contributed by atoms with E-state index in [0.29, 0.717) is 30.5 Å². The van der Waals surface area contributed by atoms with Gasteiger partial charge in [-0.2, -0.15) is 0 Å². The van der Waals surface area contributed by atoms with Gasteiger partial charge in [-0.05, 0) is 18.6 Å². The van der Waals surface area contributed by atoms with E-state index >= 15 is 0 Å². The third-order valence-electron chi connectivity index (χ3n) is 4.07. The molecule has 1 aliphatic rings. The molecule has 6 nitrogen and oxygen atoms in total. The van der Waals surface area contributed by atoms with Crippen molar-refractivity contribution in [2.24, 2.45) is 0 Å². The van der Waals surface area contributed by atoms with Gasteiger partial charge in [0.05, 0.1) is 19.3 Å². The summed E-state index contributed by atoms with van der Waals surface area (Å²) in [6, 6.07) is 9.33. The van der Waals surface area contributed by atoms with Crippen molar-refractivity contribution in [1.29, 1.82) is 0 Å². The van der Waals surface area contributed by atoms with Crippen LogP contribution in [0.15, 0.2) is 34.9 Å². The Morgan fingerprint density at radius 2 is 2.12 bits per heavy atom. The Bertz CT molecular complexity index is 698. The second-order valence-electron chi connectivity index (χ2n) is 5.72. The summed E-state index contributed by atoms with van der Waals surface area (Å²) in [4.78, 5) is 14.5. The number of hydrogen-bond acceptors (Lipinski definition) is 5. The van der Waals surface area contributed by atoms with Gasteiger partial charge >= 0.3 is 0 Å². The maximum Gasteiger partial charge on any atom is 0.273 e. The van der Waals surface area contributed by atoms with E-state index in [0.717, 1.165) is 18.7 Å². The van der Waals surface area contributed by atoms with Gasteiger partial charge in [-0.1, -0.05) is 35.0 Å². The Morgan fingerprint density at radius 1 is 1.38 bits per heavy atom. The summed E-state index contributed by atoms with van der Waals surface area (Å²) < 4.78 is 10.4. The molecule has 0 radical (unpaired) electrons. The number of hydrogen-bond donors (Lipinski definition) is 1. The molecule has 1 saturated heterocycles. The molecule has 1 aromatic heterocycles. The van der Waals surface area contributed by atoms with Gasteiger partial charge in [-0.25, -0.2) is 0 Å². The molecule has 0 unspecified atom stereocenters. The van der Waals surface area contributed by atoms with E-state index in [4.69, 9.17) is 20.9 Å². The van der Waals surface area contributed by atoms with Gasteiger partial charge in [0, 0.05) is 30.7 Å². The number of benzene rings is 1. The molecular formula is C17H20ClN3O3. The van der Waals surface area contributed by atoms with Crippen LogP contribution >= 0.6 is 11.6 Å². The molecular weight excluding hydrogens is 330 g/mol. The van der Waals surface area contributed by atoms with Crippen LogP contribution < -0.4 is 5.32 Å². The molecule has 2 aromatic rings. The van der Waals surface area contributed by atoms with Gasteiger partial charge in [-0.15, -0.1) is 0 Å². The van der Waals surface area contributed by atoms with Crippen molar-refractivity contribution in [1.82, 2.24) is 15.4 Å². The monoisotopic (exact) mass is 349 g/mol. The van der Waals surface area contributed by atoms with Gasteiger partial charge in [0.2, 0.25) is 0 Å². The van der Waals surface area contributed by atoms with Crippen LogP contribution in [0.5, 0.6) is 0 Å². The lowest BCUT2D eigenvalue weighted by Gasteiger charge is -2.35. The molecule has 1 amide bonds. The molecule has 3 rings (SSSR count). The smallest absolute Gasteiger partial charge is 0.273 e. The molecule has 0 aliphatic carbocycles. The average molecular weight is 350 g/mol. The van der Waals surface area contributed by atoms with Crippen LogP contribution in [0.4, 0.5) is 0 Å². The fourth-order valence-electron chi connectivity index (χ4n) is 2.82. The topological polar surface area (TPSA) is 67.6 Å². The van der Waals surface area contributed by atoms with Crippen LogP contribution in [0.2, 0.25) is 5.02 Å². The molecule has 1 fully saturated rings. The van der Waals surface area contributed by atoms with Gasteiger partial charge < -0.3 is 14.6 Å². The lowest BCUT2D eigenvalue weighted by molar-refractivity contribution is 0.0162. The number of carbonyl (C=O) groups excluding carboxylic acids is 1. The molecule has 0 bridgehead atoms. The van der Waals surface area contributed by atoms with Crippen molar-refractivity contribution in [3.8, 4) is 0 Å². The van der Waals surface area contributed by atoms with Crippen molar-refractivity contribution < 1.29 is 14.1 Å². The van der Waals surface area contributed by atoms with Gasteiger partial charge in [0.1, 0.15) is 5.76 Å². The lowest BCUT2D eigenvalue weighted by Crippen LogP contribution is -2.44. The van der Waals surface area contributed by atoms with Crippen molar-refractivity contribution >= 4 is 17.5 Å². The summed E-state index contributed by atoms with van der Waals surface area (Å²) in [5, 5.41) is 7.38. The number of ether oxygens (including phenoxy) is 1. The van der Waals surface area contributed by atoms with Crippen LogP contribution in [0, 0.1) is 6.92 Å². The largest absolute Gasteiger partial charge is 0.379 e. The molecule has 2 heterocycles. The highest BCUT2D eigenvalue weighted by Gasteiger charge is 2.25. The number of morpholine rings is 1. The molecule has 7 heteroatoms. The van der Waals surface area contributed by atoms with E-state index in [1.165, 1.54) is 0 Å². The SMILES string of the molecule is Cc1cc(C(=O)NC[C@H](c2ccccc2Cl)N2CCOCC2)no1. The Labute approximate surface area is 145 Å². The first-order valence-electron chi connectivity index (χ1n) is 7.93. The number of nitrogens with one attached hydrogen (secondary N) is 1. The number of aryl methyl sites for hydroxylation is 1. The quantitative estimate of drug-likeness (QED) is 0.898. The number of aromatic nitrogens is 1. The molecule has 128 valence electrons. The van der Waals surface area contributed by atoms with E-state index in [2.05, 4.69) is 15.4 Å². The van der Waals surface area contributed by atoms with Gasteiger partial charge in [-0.3, -0.25) is 9.69 Å². The van der Waals surface area contributed by atoms with Gasteiger partial charge in [0.25, 0.3) is 5.91 Å². The Kier molecular flexibility index (Phi) is 5.50. The van der Waals surface area contributed by atoms with Crippen LogP contribution in [-0.2, 0) is 4.74 Å². The minimum atomic E-state index is -0.253. The molecule has 0 spiro atoms. The normalized spacial score (nSPS) is 16.8. The first kappa shape index (κ1) is 17.0. The Hall–Kier alpha value is -1.89. The number of nitrogens with zero attached hydrogens (tertiary/aromatic N) is 2. The minimum absolute atomic E-state index is 0.0143. The highest BCUT2D eigenvalue weighted by Crippen LogP contribution is 2.27. The predicted molar refractivity (Wildman–Crippen MR) is 90.2 cm³/mol. The summed E-state index contributed by atoms with van der Waals surface area (Å²) in [5.74, 6) is 0.355. The molecule has 1 aromatic carbocycles. The molecule has 1 N–H and O–H groups in total. The highest BCUT2D eigenvalue weighted by molar-refractivity contribution is 6.31. The number of rotatable bonds is 5. The zero-order valence-electron chi connectivity index (χ0n) is 13.5. The minimum Gasteiger partial charge on any atom is -0.379 e. The first-order valence-corrected chi connectivity index (χ1v) is 8.30. The van der Waals surface area contributed by atoms with Crippen LogP contribution in [0.1, 0.15) is 27.9 Å². The third kappa shape index (κ3) is 3.95. The Balaban J connectivity index is 1.74. The van der Waals surface area contributed by atoms with Crippen molar-refractivity contribution in [2.75, 3.05) is 32.8 Å². The number of amides is 1. The van der Waals surface area contributed by atoms with E-state index in [9.17, 15) is 4.79 Å². The summed E-state index contributed by atoms with van der Waals surface area (Å²) >= 11 is 6.38. The molecule has 1 aliphatic heterocycles. The molecule has 24 heavy (non-hydrogen) atoms. The van der Waals surface area contributed by atoms with Crippen molar-refractivity contribution in [3.05, 3.63) is 52.4 Å². The van der Waals surface area contributed by atoms with E-state index in [1.54, 1.807) is 13.0 Å². The summed E-state index contributed by atoms with van der Waals surface area (Å²) in [7, 11) is 0. The summed E-state index contributed by atoms with van der Waals surface area (Å²) in [5.41, 5.74) is 1.28. The first-order chi connectivity index (χ1) is 11.6. The zero-order valence-corrected chi connectivity index (χ0v) is 14.3. The fraction of sp³-hybridized carbons (Fsp3) is 0.412. The molecule has 1 atom stereocenters. The van der Waals surface area contributed by atoms with Crippen molar-refractivity contribution in [3.63, 3.8) is 0 Å². The molecule has 0 saturated carbocycles. The Morgan fingerprint density at radius 3 is 2.79 bits per heavy atom. The average Bonchev–Trinajstić information content (AvgIpc) is 3.04. The van der Waals surface area contributed by atoms with Crippen LogP contribution in [0.25, 0.3) is 0 Å². The maximum absolute atomic E-state index is 12.3. The van der Waals surface area contributed by atoms with Crippen LogP contribution in [0.3, 0.4) is 0 Å². The predicted octanol–water partition coefficient (Wildman–Crippen LogP) is 2.44. The second kappa shape index (κ2) is 7.79. The van der Waals surface area contributed by atoms with Crippen molar-refractivity contribution in [2.45, 2.75) is 13.0 Å². The van der Waals surface area contributed by atoms with E-state index < -0.39 is 0 Å².